The van der Waals surface area contributed by atoms with Crippen LogP contribution in [0.5, 0.6) is 0 Å². The SMILES string of the molecule is Cc1cc(C)c(NC(=O)c2cc(N)cc(F)c2)c(C)c1. The topological polar surface area (TPSA) is 55.1 Å². The quantitative estimate of drug-likeness (QED) is 0.821. The van der Waals surface area contributed by atoms with Gasteiger partial charge >= 0.3 is 0 Å². The van der Waals surface area contributed by atoms with Gasteiger partial charge in [0.15, 0.2) is 0 Å². The van der Waals surface area contributed by atoms with Crippen molar-refractivity contribution in [1.29, 1.82) is 0 Å². The van der Waals surface area contributed by atoms with Gasteiger partial charge in [-0.3, -0.25) is 4.79 Å². The van der Waals surface area contributed by atoms with Gasteiger partial charge in [0.2, 0.25) is 0 Å². The molecule has 0 unspecified atom stereocenters. The van der Waals surface area contributed by atoms with E-state index >= 15 is 0 Å². The van der Waals surface area contributed by atoms with E-state index in [9.17, 15) is 9.18 Å². The predicted molar refractivity (Wildman–Crippen MR) is 79.4 cm³/mol. The maximum absolute atomic E-state index is 13.3. The van der Waals surface area contributed by atoms with E-state index in [0.717, 1.165) is 22.4 Å². The minimum absolute atomic E-state index is 0.210. The standard InChI is InChI=1S/C16H17FN2O/c1-9-4-10(2)15(11(3)5-9)19-16(20)12-6-13(17)8-14(18)7-12/h4-8H,18H2,1-3H3,(H,19,20). The van der Waals surface area contributed by atoms with Crippen molar-refractivity contribution in [1.82, 2.24) is 0 Å². The fraction of sp³-hybridized carbons (Fsp3) is 0.188. The van der Waals surface area contributed by atoms with Gasteiger partial charge in [-0.1, -0.05) is 17.7 Å². The number of benzene rings is 2. The number of hydrogen-bond donors (Lipinski definition) is 2. The number of carbonyl (C=O) groups excluding carboxylic acids is 1. The van der Waals surface area contributed by atoms with Gasteiger partial charge in [-0.15, -0.1) is 0 Å². The fourth-order valence-corrected chi connectivity index (χ4v) is 2.31. The summed E-state index contributed by atoms with van der Waals surface area (Å²) in [6, 6.07) is 7.78. The summed E-state index contributed by atoms with van der Waals surface area (Å²) in [6.07, 6.45) is 0. The molecule has 0 saturated carbocycles. The lowest BCUT2D eigenvalue weighted by Crippen LogP contribution is -2.14. The Labute approximate surface area is 117 Å². The number of amides is 1. The maximum Gasteiger partial charge on any atom is 0.255 e. The highest BCUT2D eigenvalue weighted by atomic mass is 19.1. The van der Waals surface area contributed by atoms with Crippen LogP contribution in [0.25, 0.3) is 0 Å². The molecule has 2 aromatic rings. The molecule has 0 atom stereocenters. The summed E-state index contributed by atoms with van der Waals surface area (Å²) in [6.45, 7) is 5.85. The van der Waals surface area contributed by atoms with Gasteiger partial charge in [0, 0.05) is 16.9 Å². The van der Waals surface area contributed by atoms with E-state index in [0.29, 0.717) is 0 Å². The van der Waals surface area contributed by atoms with Gasteiger partial charge in [-0.25, -0.2) is 4.39 Å². The van der Waals surface area contributed by atoms with Crippen LogP contribution in [0.3, 0.4) is 0 Å². The molecule has 0 aliphatic heterocycles. The highest BCUT2D eigenvalue weighted by Gasteiger charge is 2.11. The van der Waals surface area contributed by atoms with Crippen molar-refractivity contribution in [2.24, 2.45) is 0 Å². The molecule has 0 fully saturated rings. The Hall–Kier alpha value is -2.36. The van der Waals surface area contributed by atoms with Crippen molar-refractivity contribution in [3.05, 3.63) is 58.4 Å². The van der Waals surface area contributed by atoms with Crippen LogP contribution >= 0.6 is 0 Å². The molecule has 104 valence electrons. The molecule has 0 heterocycles. The summed E-state index contributed by atoms with van der Waals surface area (Å²) in [5.41, 5.74) is 9.82. The van der Waals surface area contributed by atoms with Crippen LogP contribution in [0.1, 0.15) is 27.0 Å². The molecule has 0 aliphatic rings. The number of hydrogen-bond acceptors (Lipinski definition) is 2. The zero-order valence-electron chi connectivity index (χ0n) is 11.8. The molecule has 0 spiro atoms. The van der Waals surface area contributed by atoms with Gasteiger partial charge in [0.05, 0.1) is 0 Å². The van der Waals surface area contributed by atoms with Crippen LogP contribution in [0.2, 0.25) is 0 Å². The average molecular weight is 272 g/mol. The molecular formula is C16H17FN2O. The molecule has 3 nitrogen and oxygen atoms in total. The average Bonchev–Trinajstić information content (AvgIpc) is 2.32. The van der Waals surface area contributed by atoms with Crippen molar-refractivity contribution in [3.63, 3.8) is 0 Å². The lowest BCUT2D eigenvalue weighted by atomic mass is 10.0. The smallest absolute Gasteiger partial charge is 0.255 e. The normalized spacial score (nSPS) is 10.4. The molecular weight excluding hydrogens is 255 g/mol. The summed E-state index contributed by atoms with van der Waals surface area (Å²) in [5, 5.41) is 2.82. The Bertz CT molecular complexity index is 637. The number of anilines is 2. The first kappa shape index (κ1) is 14.1. The van der Waals surface area contributed by atoms with Crippen molar-refractivity contribution in [2.75, 3.05) is 11.1 Å². The molecule has 0 bridgehead atoms. The zero-order valence-corrected chi connectivity index (χ0v) is 11.8. The Balaban J connectivity index is 2.32. The summed E-state index contributed by atoms with van der Waals surface area (Å²) in [7, 11) is 0. The second-order valence-electron chi connectivity index (χ2n) is 5.00. The molecule has 1 amide bonds. The summed E-state index contributed by atoms with van der Waals surface area (Å²) in [5.74, 6) is -0.890. The Morgan fingerprint density at radius 2 is 1.65 bits per heavy atom. The number of nitrogens with two attached hydrogens (primary N) is 1. The van der Waals surface area contributed by atoms with Crippen molar-refractivity contribution in [3.8, 4) is 0 Å². The van der Waals surface area contributed by atoms with Crippen LogP contribution < -0.4 is 11.1 Å². The predicted octanol–water partition coefficient (Wildman–Crippen LogP) is 3.59. The third kappa shape index (κ3) is 2.96. The summed E-state index contributed by atoms with van der Waals surface area (Å²) < 4.78 is 13.3. The number of nitrogens with one attached hydrogen (secondary N) is 1. The third-order valence-electron chi connectivity index (χ3n) is 3.10. The van der Waals surface area contributed by atoms with Gasteiger partial charge in [0.25, 0.3) is 5.91 Å². The molecule has 0 aliphatic carbocycles. The number of aryl methyl sites for hydroxylation is 3. The molecule has 0 radical (unpaired) electrons. The number of halogens is 1. The second kappa shape index (κ2) is 5.33. The zero-order chi connectivity index (χ0) is 14.9. The van der Waals surface area contributed by atoms with Crippen molar-refractivity contribution in [2.45, 2.75) is 20.8 Å². The summed E-state index contributed by atoms with van der Waals surface area (Å²) >= 11 is 0. The van der Waals surface area contributed by atoms with E-state index in [1.807, 2.05) is 32.9 Å². The molecule has 3 N–H and O–H groups in total. The molecule has 20 heavy (non-hydrogen) atoms. The van der Waals surface area contributed by atoms with Gasteiger partial charge in [-0.05, 0) is 50.1 Å². The van der Waals surface area contributed by atoms with E-state index in [2.05, 4.69) is 5.32 Å². The van der Waals surface area contributed by atoms with Crippen LogP contribution in [-0.2, 0) is 0 Å². The second-order valence-corrected chi connectivity index (χ2v) is 5.00. The van der Waals surface area contributed by atoms with Crippen LogP contribution in [0, 0.1) is 26.6 Å². The lowest BCUT2D eigenvalue weighted by molar-refractivity contribution is 0.102. The Kier molecular flexibility index (Phi) is 3.74. The van der Waals surface area contributed by atoms with E-state index in [-0.39, 0.29) is 17.2 Å². The van der Waals surface area contributed by atoms with Gasteiger partial charge in [0.1, 0.15) is 5.82 Å². The third-order valence-corrected chi connectivity index (χ3v) is 3.10. The number of rotatable bonds is 2. The summed E-state index contributed by atoms with van der Waals surface area (Å²) in [4.78, 5) is 12.2. The molecule has 2 rings (SSSR count). The van der Waals surface area contributed by atoms with Crippen molar-refractivity contribution >= 4 is 17.3 Å². The maximum atomic E-state index is 13.3. The van der Waals surface area contributed by atoms with E-state index in [4.69, 9.17) is 5.73 Å². The van der Waals surface area contributed by atoms with Crippen molar-refractivity contribution < 1.29 is 9.18 Å². The fourth-order valence-electron chi connectivity index (χ4n) is 2.31. The highest BCUT2D eigenvalue weighted by molar-refractivity contribution is 6.05. The minimum Gasteiger partial charge on any atom is -0.399 e. The largest absolute Gasteiger partial charge is 0.399 e. The number of carbonyl (C=O) groups is 1. The molecule has 4 heteroatoms. The molecule has 0 saturated heterocycles. The highest BCUT2D eigenvalue weighted by Crippen LogP contribution is 2.23. The van der Waals surface area contributed by atoms with Crippen LogP contribution in [0.4, 0.5) is 15.8 Å². The van der Waals surface area contributed by atoms with Gasteiger partial charge < -0.3 is 11.1 Å². The Morgan fingerprint density at radius 3 is 2.20 bits per heavy atom. The van der Waals surface area contributed by atoms with E-state index in [1.165, 1.54) is 18.2 Å². The first-order valence-electron chi connectivity index (χ1n) is 6.32. The lowest BCUT2D eigenvalue weighted by Gasteiger charge is -2.13. The molecule has 0 aromatic heterocycles. The van der Waals surface area contributed by atoms with Crippen LogP contribution in [-0.4, -0.2) is 5.91 Å². The first-order chi connectivity index (χ1) is 9.36. The van der Waals surface area contributed by atoms with Gasteiger partial charge in [-0.2, -0.15) is 0 Å². The monoisotopic (exact) mass is 272 g/mol. The Morgan fingerprint density at radius 1 is 1.05 bits per heavy atom. The number of nitrogen functional groups attached to an aromatic ring is 1. The van der Waals surface area contributed by atoms with Crippen LogP contribution in [0.15, 0.2) is 30.3 Å². The molecule has 2 aromatic carbocycles. The minimum atomic E-state index is -0.521. The van der Waals surface area contributed by atoms with E-state index < -0.39 is 5.82 Å². The van der Waals surface area contributed by atoms with E-state index in [1.54, 1.807) is 0 Å². The first-order valence-corrected chi connectivity index (χ1v) is 6.32.